The normalized spacial score (nSPS) is 15.4. The van der Waals surface area contributed by atoms with Gasteiger partial charge in [-0.15, -0.1) is 11.3 Å². The van der Waals surface area contributed by atoms with Crippen molar-refractivity contribution in [3.8, 4) is 0 Å². The van der Waals surface area contributed by atoms with Crippen LogP contribution < -0.4 is 5.32 Å². The van der Waals surface area contributed by atoms with E-state index in [0.717, 1.165) is 11.4 Å². The molecule has 0 saturated heterocycles. The van der Waals surface area contributed by atoms with E-state index in [4.69, 9.17) is 0 Å². The van der Waals surface area contributed by atoms with Crippen molar-refractivity contribution < 1.29 is 5.11 Å². The Labute approximate surface area is 89.2 Å². The van der Waals surface area contributed by atoms with Gasteiger partial charge in [0.05, 0.1) is 12.1 Å². The van der Waals surface area contributed by atoms with Crippen LogP contribution in [0.15, 0.2) is 6.20 Å². The van der Waals surface area contributed by atoms with Gasteiger partial charge < -0.3 is 10.4 Å². The molecule has 1 rings (SSSR count). The molecule has 80 valence electrons. The first-order chi connectivity index (χ1) is 6.63. The molecule has 0 aliphatic carbocycles. The van der Waals surface area contributed by atoms with Crippen molar-refractivity contribution in [1.29, 1.82) is 0 Å². The molecule has 0 fully saturated rings. The monoisotopic (exact) mass is 214 g/mol. The van der Waals surface area contributed by atoms with Crippen molar-refractivity contribution in [1.82, 2.24) is 10.3 Å². The lowest BCUT2D eigenvalue weighted by Gasteiger charge is -2.13. The summed E-state index contributed by atoms with van der Waals surface area (Å²) in [5.74, 6) is 0. The van der Waals surface area contributed by atoms with Crippen molar-refractivity contribution >= 4 is 11.3 Å². The number of nitrogens with zero attached hydrogens (tertiary/aromatic N) is 1. The molecule has 0 radical (unpaired) electrons. The second-order valence-corrected chi connectivity index (χ2v) is 4.77. The van der Waals surface area contributed by atoms with Gasteiger partial charge in [-0.2, -0.15) is 0 Å². The summed E-state index contributed by atoms with van der Waals surface area (Å²) in [6.45, 7) is 6.73. The highest BCUT2D eigenvalue weighted by molar-refractivity contribution is 7.11. The van der Waals surface area contributed by atoms with Gasteiger partial charge in [-0.1, -0.05) is 6.92 Å². The molecule has 3 nitrogen and oxygen atoms in total. The van der Waals surface area contributed by atoms with Crippen molar-refractivity contribution in [3.63, 3.8) is 0 Å². The summed E-state index contributed by atoms with van der Waals surface area (Å²) in [4.78, 5) is 5.52. The second-order valence-electron chi connectivity index (χ2n) is 3.50. The molecule has 0 spiro atoms. The number of aromatic nitrogens is 1. The van der Waals surface area contributed by atoms with E-state index < -0.39 is 0 Å². The quantitative estimate of drug-likeness (QED) is 0.786. The number of thiazole rings is 1. The van der Waals surface area contributed by atoms with Crippen molar-refractivity contribution in [2.75, 3.05) is 6.54 Å². The molecular weight excluding hydrogens is 196 g/mol. The third-order valence-corrected chi connectivity index (χ3v) is 3.24. The summed E-state index contributed by atoms with van der Waals surface area (Å²) in [5, 5.41) is 13.7. The third-order valence-electron chi connectivity index (χ3n) is 2.14. The summed E-state index contributed by atoms with van der Waals surface area (Å²) in [6.07, 6.45) is 2.42. The SMILES string of the molecule is CCC(O)CNC(C)c1ncc(C)s1. The maximum Gasteiger partial charge on any atom is 0.109 e. The molecule has 4 heteroatoms. The Morgan fingerprint density at radius 3 is 2.86 bits per heavy atom. The minimum absolute atomic E-state index is 0.231. The van der Waals surface area contributed by atoms with Gasteiger partial charge in [-0.25, -0.2) is 4.98 Å². The van der Waals surface area contributed by atoms with Crippen molar-refractivity contribution in [2.24, 2.45) is 0 Å². The Balaban J connectivity index is 2.39. The summed E-state index contributed by atoms with van der Waals surface area (Å²) < 4.78 is 0. The summed E-state index contributed by atoms with van der Waals surface area (Å²) >= 11 is 1.70. The fraction of sp³-hybridized carbons (Fsp3) is 0.700. The van der Waals surface area contributed by atoms with Gasteiger partial charge in [0.25, 0.3) is 0 Å². The van der Waals surface area contributed by atoms with Crippen LogP contribution in [0.1, 0.15) is 36.2 Å². The maximum absolute atomic E-state index is 9.38. The zero-order valence-corrected chi connectivity index (χ0v) is 9.77. The molecule has 2 N–H and O–H groups in total. The van der Waals surface area contributed by atoms with Crippen LogP contribution in [0.25, 0.3) is 0 Å². The molecule has 0 aliphatic rings. The number of hydrogen-bond donors (Lipinski definition) is 2. The Kier molecular flexibility index (Phi) is 4.51. The van der Waals surface area contributed by atoms with E-state index in [9.17, 15) is 5.11 Å². The number of rotatable bonds is 5. The van der Waals surface area contributed by atoms with E-state index in [0.29, 0.717) is 6.54 Å². The summed E-state index contributed by atoms with van der Waals surface area (Å²) in [5.41, 5.74) is 0. The van der Waals surface area contributed by atoms with Crippen molar-refractivity contribution in [3.05, 3.63) is 16.1 Å². The highest BCUT2D eigenvalue weighted by atomic mass is 32.1. The van der Waals surface area contributed by atoms with Gasteiger partial charge in [0.1, 0.15) is 5.01 Å². The lowest BCUT2D eigenvalue weighted by atomic mass is 10.2. The molecule has 1 aromatic heterocycles. The Morgan fingerprint density at radius 2 is 2.36 bits per heavy atom. The van der Waals surface area contributed by atoms with Crippen LogP contribution in [0.3, 0.4) is 0 Å². The van der Waals surface area contributed by atoms with Crippen molar-refractivity contribution in [2.45, 2.75) is 39.3 Å². The molecular formula is C10H18N2OS. The molecule has 0 bridgehead atoms. The predicted molar refractivity (Wildman–Crippen MR) is 59.6 cm³/mol. The maximum atomic E-state index is 9.38. The smallest absolute Gasteiger partial charge is 0.109 e. The highest BCUT2D eigenvalue weighted by Gasteiger charge is 2.10. The Hall–Kier alpha value is -0.450. The van der Waals surface area contributed by atoms with Crippen LogP contribution in [-0.4, -0.2) is 22.7 Å². The number of nitrogens with one attached hydrogen (secondary N) is 1. The Bertz CT molecular complexity index is 275. The van der Waals surface area contributed by atoms with Gasteiger partial charge in [-0.3, -0.25) is 0 Å². The van der Waals surface area contributed by atoms with Crippen LogP contribution in [0.2, 0.25) is 0 Å². The minimum Gasteiger partial charge on any atom is -0.392 e. The van der Waals surface area contributed by atoms with Gasteiger partial charge >= 0.3 is 0 Å². The first kappa shape index (κ1) is 11.6. The number of aryl methyl sites for hydroxylation is 1. The average Bonchev–Trinajstić information content (AvgIpc) is 2.60. The van der Waals surface area contributed by atoms with Crippen LogP contribution >= 0.6 is 11.3 Å². The molecule has 0 amide bonds. The number of aliphatic hydroxyl groups is 1. The molecule has 1 heterocycles. The van der Waals surface area contributed by atoms with Gasteiger partial charge in [0.2, 0.25) is 0 Å². The lowest BCUT2D eigenvalue weighted by molar-refractivity contribution is 0.163. The van der Waals surface area contributed by atoms with E-state index in [1.807, 2.05) is 13.1 Å². The van der Waals surface area contributed by atoms with Crippen LogP contribution in [0.5, 0.6) is 0 Å². The number of aliphatic hydroxyl groups excluding tert-OH is 1. The van der Waals surface area contributed by atoms with E-state index in [1.165, 1.54) is 4.88 Å². The molecule has 0 aromatic carbocycles. The van der Waals surface area contributed by atoms with E-state index in [2.05, 4.69) is 24.1 Å². The van der Waals surface area contributed by atoms with E-state index >= 15 is 0 Å². The minimum atomic E-state index is -0.251. The van der Waals surface area contributed by atoms with E-state index in [1.54, 1.807) is 11.3 Å². The van der Waals surface area contributed by atoms with Gasteiger partial charge in [-0.05, 0) is 20.3 Å². The summed E-state index contributed by atoms with van der Waals surface area (Å²) in [6, 6.07) is 0.231. The molecule has 2 unspecified atom stereocenters. The molecule has 2 atom stereocenters. The Morgan fingerprint density at radius 1 is 1.64 bits per heavy atom. The second kappa shape index (κ2) is 5.44. The van der Waals surface area contributed by atoms with Gasteiger partial charge in [0.15, 0.2) is 0 Å². The average molecular weight is 214 g/mol. The first-order valence-corrected chi connectivity index (χ1v) is 5.79. The third kappa shape index (κ3) is 3.36. The van der Waals surface area contributed by atoms with Crippen LogP contribution in [0, 0.1) is 6.92 Å². The zero-order chi connectivity index (χ0) is 10.6. The molecule has 0 aliphatic heterocycles. The van der Waals surface area contributed by atoms with E-state index in [-0.39, 0.29) is 12.1 Å². The largest absolute Gasteiger partial charge is 0.392 e. The highest BCUT2D eigenvalue weighted by Crippen LogP contribution is 2.18. The zero-order valence-electron chi connectivity index (χ0n) is 8.95. The fourth-order valence-electron chi connectivity index (χ4n) is 1.12. The predicted octanol–water partition coefficient (Wildman–Crippen LogP) is 1.87. The number of hydrogen-bond acceptors (Lipinski definition) is 4. The lowest BCUT2D eigenvalue weighted by Crippen LogP contribution is -2.28. The fourth-order valence-corrected chi connectivity index (χ4v) is 1.92. The van der Waals surface area contributed by atoms with Crippen LogP contribution in [-0.2, 0) is 0 Å². The topological polar surface area (TPSA) is 45.1 Å². The summed E-state index contributed by atoms with van der Waals surface area (Å²) in [7, 11) is 0. The molecule has 14 heavy (non-hydrogen) atoms. The molecule has 0 saturated carbocycles. The first-order valence-electron chi connectivity index (χ1n) is 4.97. The molecule has 1 aromatic rings. The standard InChI is InChI=1S/C10H18N2OS/c1-4-9(13)6-11-8(3)10-12-5-7(2)14-10/h5,8-9,11,13H,4,6H2,1-3H3. The van der Waals surface area contributed by atoms with Gasteiger partial charge in [0, 0.05) is 17.6 Å². The van der Waals surface area contributed by atoms with Crippen LogP contribution in [0.4, 0.5) is 0 Å².